The van der Waals surface area contributed by atoms with Crippen LogP contribution < -0.4 is 14.8 Å². The summed E-state index contributed by atoms with van der Waals surface area (Å²) in [6, 6.07) is 12.0. The molecule has 0 radical (unpaired) electrons. The molecule has 2 aromatic carbocycles. The summed E-state index contributed by atoms with van der Waals surface area (Å²) in [5.41, 5.74) is 0.830. The smallest absolute Gasteiger partial charge is 0.169 e. The minimum atomic E-state index is -0.318. The zero-order valence-corrected chi connectivity index (χ0v) is 11.7. The second kappa shape index (κ2) is 6.91. The number of nitrogens with one attached hydrogen (secondary N) is 1. The molecule has 2 rings (SSSR count). The Labute approximate surface area is 118 Å². The van der Waals surface area contributed by atoms with Crippen LogP contribution in [0.15, 0.2) is 42.5 Å². The molecule has 0 bridgehead atoms. The van der Waals surface area contributed by atoms with Gasteiger partial charge in [-0.15, -0.1) is 0 Å². The van der Waals surface area contributed by atoms with Gasteiger partial charge in [0.2, 0.25) is 0 Å². The molecule has 0 unspecified atom stereocenters. The second-order valence-corrected chi connectivity index (χ2v) is 4.31. The van der Waals surface area contributed by atoms with E-state index in [1.807, 2.05) is 38.2 Å². The SMILES string of the molecule is CCOc1ccccc1Oc1cc(F)cc(CNC)c1. The van der Waals surface area contributed by atoms with Crippen molar-refractivity contribution in [2.45, 2.75) is 13.5 Å². The molecule has 20 heavy (non-hydrogen) atoms. The second-order valence-electron chi connectivity index (χ2n) is 4.31. The summed E-state index contributed by atoms with van der Waals surface area (Å²) in [6.07, 6.45) is 0. The van der Waals surface area contributed by atoms with Crippen molar-refractivity contribution in [3.8, 4) is 17.2 Å². The normalized spacial score (nSPS) is 10.3. The molecule has 1 N–H and O–H groups in total. The largest absolute Gasteiger partial charge is 0.490 e. The standard InChI is InChI=1S/C16H18FNO2/c1-3-19-15-6-4-5-7-16(15)20-14-9-12(11-18-2)8-13(17)10-14/h4-10,18H,3,11H2,1-2H3. The molecule has 0 aliphatic heterocycles. The molecule has 0 aromatic heterocycles. The van der Waals surface area contributed by atoms with Crippen LogP contribution in [0.5, 0.6) is 17.2 Å². The summed E-state index contributed by atoms with van der Waals surface area (Å²) in [7, 11) is 1.82. The van der Waals surface area contributed by atoms with Gasteiger partial charge in [-0.3, -0.25) is 0 Å². The number of benzene rings is 2. The average molecular weight is 275 g/mol. The van der Waals surface area contributed by atoms with Gasteiger partial charge in [0.15, 0.2) is 11.5 Å². The third kappa shape index (κ3) is 3.71. The third-order valence-electron chi connectivity index (χ3n) is 2.69. The Morgan fingerprint density at radius 1 is 1.10 bits per heavy atom. The third-order valence-corrected chi connectivity index (χ3v) is 2.69. The van der Waals surface area contributed by atoms with E-state index < -0.39 is 0 Å². The van der Waals surface area contributed by atoms with Crippen LogP contribution in [0.4, 0.5) is 4.39 Å². The van der Waals surface area contributed by atoms with E-state index in [9.17, 15) is 4.39 Å². The summed E-state index contributed by atoms with van der Waals surface area (Å²) in [5, 5.41) is 2.99. The summed E-state index contributed by atoms with van der Waals surface area (Å²) in [6.45, 7) is 3.04. The Hall–Kier alpha value is -2.07. The van der Waals surface area contributed by atoms with Crippen molar-refractivity contribution in [2.75, 3.05) is 13.7 Å². The Morgan fingerprint density at radius 2 is 1.85 bits per heavy atom. The highest BCUT2D eigenvalue weighted by Gasteiger charge is 2.07. The lowest BCUT2D eigenvalue weighted by atomic mass is 10.2. The lowest BCUT2D eigenvalue weighted by Gasteiger charge is -2.12. The van der Waals surface area contributed by atoms with Crippen LogP contribution in [0.25, 0.3) is 0 Å². The summed E-state index contributed by atoms with van der Waals surface area (Å²) >= 11 is 0. The quantitative estimate of drug-likeness (QED) is 0.871. The Balaban J connectivity index is 2.25. The molecule has 0 heterocycles. The Bertz CT molecular complexity index is 572. The predicted octanol–water partition coefficient (Wildman–Crippen LogP) is 3.74. The molecule has 4 heteroatoms. The molecule has 0 fully saturated rings. The predicted molar refractivity (Wildman–Crippen MR) is 76.8 cm³/mol. The van der Waals surface area contributed by atoms with Crippen LogP contribution in [-0.2, 0) is 6.54 Å². The molecule has 0 spiro atoms. The summed E-state index contributed by atoms with van der Waals surface area (Å²) < 4.78 is 24.8. The molecular formula is C16H18FNO2. The van der Waals surface area contributed by atoms with Gasteiger partial charge < -0.3 is 14.8 Å². The first-order valence-electron chi connectivity index (χ1n) is 6.56. The number of ether oxygens (including phenoxy) is 2. The molecule has 0 amide bonds. The lowest BCUT2D eigenvalue weighted by Crippen LogP contribution is -2.05. The van der Waals surface area contributed by atoms with E-state index in [2.05, 4.69) is 5.32 Å². The van der Waals surface area contributed by atoms with Crippen molar-refractivity contribution in [3.05, 3.63) is 53.8 Å². The molecule has 2 aromatic rings. The maximum Gasteiger partial charge on any atom is 0.169 e. The molecule has 0 aliphatic carbocycles. The summed E-state index contributed by atoms with van der Waals surface area (Å²) in [5.74, 6) is 1.37. The summed E-state index contributed by atoms with van der Waals surface area (Å²) in [4.78, 5) is 0. The monoisotopic (exact) mass is 275 g/mol. The number of hydrogen-bond acceptors (Lipinski definition) is 3. The van der Waals surface area contributed by atoms with Crippen LogP contribution in [0.1, 0.15) is 12.5 Å². The maximum absolute atomic E-state index is 13.6. The van der Waals surface area contributed by atoms with Crippen LogP contribution >= 0.6 is 0 Å². The van der Waals surface area contributed by atoms with Gasteiger partial charge >= 0.3 is 0 Å². The van der Waals surface area contributed by atoms with Crippen molar-refractivity contribution in [2.24, 2.45) is 0 Å². The fourth-order valence-electron chi connectivity index (χ4n) is 1.92. The highest BCUT2D eigenvalue weighted by atomic mass is 19.1. The van der Waals surface area contributed by atoms with Gasteiger partial charge in [-0.25, -0.2) is 4.39 Å². The first kappa shape index (κ1) is 14.3. The zero-order valence-electron chi connectivity index (χ0n) is 11.7. The van der Waals surface area contributed by atoms with E-state index in [-0.39, 0.29) is 5.82 Å². The highest BCUT2D eigenvalue weighted by molar-refractivity contribution is 5.43. The number of halogens is 1. The van der Waals surface area contributed by atoms with Crippen LogP contribution in [-0.4, -0.2) is 13.7 Å². The van der Waals surface area contributed by atoms with Gasteiger partial charge in [0, 0.05) is 12.6 Å². The van der Waals surface area contributed by atoms with E-state index in [1.54, 1.807) is 6.07 Å². The van der Waals surface area contributed by atoms with Crippen LogP contribution in [0.2, 0.25) is 0 Å². The topological polar surface area (TPSA) is 30.5 Å². The minimum absolute atomic E-state index is 0.318. The first-order valence-corrected chi connectivity index (χ1v) is 6.56. The number of hydrogen-bond donors (Lipinski definition) is 1. The van der Waals surface area contributed by atoms with Gasteiger partial charge in [-0.05, 0) is 43.8 Å². The molecular weight excluding hydrogens is 257 g/mol. The van der Waals surface area contributed by atoms with E-state index in [0.717, 1.165) is 5.56 Å². The number of rotatable bonds is 6. The van der Waals surface area contributed by atoms with E-state index in [1.165, 1.54) is 12.1 Å². The van der Waals surface area contributed by atoms with Crippen LogP contribution in [0.3, 0.4) is 0 Å². The van der Waals surface area contributed by atoms with Crippen molar-refractivity contribution in [1.82, 2.24) is 5.32 Å². The van der Waals surface area contributed by atoms with E-state index in [4.69, 9.17) is 9.47 Å². The minimum Gasteiger partial charge on any atom is -0.490 e. The maximum atomic E-state index is 13.6. The van der Waals surface area contributed by atoms with Gasteiger partial charge in [-0.2, -0.15) is 0 Å². The molecule has 0 saturated heterocycles. The first-order chi connectivity index (χ1) is 9.72. The van der Waals surface area contributed by atoms with Crippen molar-refractivity contribution in [1.29, 1.82) is 0 Å². The highest BCUT2D eigenvalue weighted by Crippen LogP contribution is 2.31. The molecule has 106 valence electrons. The molecule has 0 atom stereocenters. The fourth-order valence-corrected chi connectivity index (χ4v) is 1.92. The lowest BCUT2D eigenvalue weighted by molar-refractivity contribution is 0.321. The van der Waals surface area contributed by atoms with E-state index in [0.29, 0.717) is 30.4 Å². The Kier molecular flexibility index (Phi) is 4.96. The van der Waals surface area contributed by atoms with E-state index >= 15 is 0 Å². The van der Waals surface area contributed by atoms with Crippen molar-refractivity contribution < 1.29 is 13.9 Å². The van der Waals surface area contributed by atoms with Crippen molar-refractivity contribution in [3.63, 3.8) is 0 Å². The molecule has 3 nitrogen and oxygen atoms in total. The van der Waals surface area contributed by atoms with Crippen molar-refractivity contribution >= 4 is 0 Å². The van der Waals surface area contributed by atoms with Gasteiger partial charge in [-0.1, -0.05) is 12.1 Å². The fraction of sp³-hybridized carbons (Fsp3) is 0.250. The van der Waals surface area contributed by atoms with Gasteiger partial charge in [0.05, 0.1) is 6.61 Å². The van der Waals surface area contributed by atoms with Crippen LogP contribution in [0, 0.1) is 5.82 Å². The molecule has 0 saturated carbocycles. The number of para-hydroxylation sites is 2. The van der Waals surface area contributed by atoms with Gasteiger partial charge in [0.25, 0.3) is 0 Å². The van der Waals surface area contributed by atoms with Gasteiger partial charge in [0.1, 0.15) is 11.6 Å². The molecule has 0 aliphatic rings. The zero-order chi connectivity index (χ0) is 14.4. The average Bonchev–Trinajstić information content (AvgIpc) is 2.41. The Morgan fingerprint density at radius 3 is 2.55 bits per heavy atom.